The van der Waals surface area contributed by atoms with Crippen LogP contribution in [-0.2, 0) is 14.3 Å². The number of ether oxygens (including phenoxy) is 2. The average Bonchev–Trinajstić information content (AvgIpc) is 2.75. The summed E-state index contributed by atoms with van der Waals surface area (Å²) in [6.07, 6.45) is 3.34. The molecule has 7 heteroatoms. The minimum absolute atomic E-state index is 0.0666. The number of nitrogens with two attached hydrogens (primary N) is 1. The van der Waals surface area contributed by atoms with Gasteiger partial charge in [-0.1, -0.05) is 0 Å². The molecular weight excluding hydrogens is 226 g/mol. The van der Waals surface area contributed by atoms with Crippen LogP contribution in [0.25, 0.3) is 0 Å². The Morgan fingerprint density at radius 2 is 2.53 bits per heavy atom. The number of anilines is 1. The molecule has 90 valence electrons. The van der Waals surface area contributed by atoms with Crippen molar-refractivity contribution in [1.82, 2.24) is 9.55 Å². The fourth-order valence-corrected chi connectivity index (χ4v) is 1.53. The van der Waals surface area contributed by atoms with E-state index in [0.717, 1.165) is 0 Å². The number of hydrogen-bond acceptors (Lipinski definition) is 6. The molecule has 0 spiro atoms. The van der Waals surface area contributed by atoms with Crippen molar-refractivity contribution < 1.29 is 14.3 Å². The second-order valence-corrected chi connectivity index (χ2v) is 3.43. The highest BCUT2D eigenvalue weighted by atomic mass is 16.6. The molecule has 2 rings (SSSR count). The summed E-state index contributed by atoms with van der Waals surface area (Å²) in [6.45, 7) is 0.408. The maximum absolute atomic E-state index is 11.5. The van der Waals surface area contributed by atoms with E-state index in [0.29, 0.717) is 18.7 Å². The lowest BCUT2D eigenvalue weighted by Crippen LogP contribution is -2.27. The molecule has 1 aliphatic rings. The van der Waals surface area contributed by atoms with E-state index in [1.165, 1.54) is 16.8 Å². The molecule has 1 aromatic heterocycles. The average molecular weight is 237 g/mol. The van der Waals surface area contributed by atoms with Crippen LogP contribution in [0.15, 0.2) is 28.9 Å². The van der Waals surface area contributed by atoms with Crippen LogP contribution in [0.1, 0.15) is 12.6 Å². The second-order valence-electron chi connectivity index (χ2n) is 3.43. The summed E-state index contributed by atoms with van der Waals surface area (Å²) in [5.41, 5.74) is 4.91. The smallest absolute Gasteiger partial charge is 0.352 e. The topological polar surface area (TPSA) is 96.4 Å². The van der Waals surface area contributed by atoms with Gasteiger partial charge in [0.25, 0.3) is 6.47 Å². The van der Waals surface area contributed by atoms with E-state index in [4.69, 9.17) is 10.5 Å². The Balaban J connectivity index is 2.07. The Hall–Kier alpha value is -2.31. The Bertz CT molecular complexity index is 509. The molecule has 0 amide bonds. The predicted octanol–water partition coefficient (Wildman–Crippen LogP) is -0.199. The van der Waals surface area contributed by atoms with E-state index in [9.17, 15) is 9.59 Å². The minimum Gasteiger partial charge on any atom is -0.471 e. The molecule has 0 saturated heterocycles. The van der Waals surface area contributed by atoms with Crippen LogP contribution in [0.3, 0.4) is 0 Å². The first kappa shape index (κ1) is 11.2. The zero-order valence-corrected chi connectivity index (χ0v) is 8.91. The summed E-state index contributed by atoms with van der Waals surface area (Å²) in [7, 11) is 0. The van der Waals surface area contributed by atoms with E-state index >= 15 is 0 Å². The van der Waals surface area contributed by atoms with Gasteiger partial charge in [0.2, 0.25) is 0 Å². The largest absolute Gasteiger partial charge is 0.471 e. The van der Waals surface area contributed by atoms with E-state index in [-0.39, 0.29) is 12.4 Å². The van der Waals surface area contributed by atoms with Crippen molar-refractivity contribution in [3.8, 4) is 0 Å². The van der Waals surface area contributed by atoms with Crippen LogP contribution < -0.4 is 11.4 Å². The van der Waals surface area contributed by atoms with Gasteiger partial charge < -0.3 is 15.2 Å². The zero-order chi connectivity index (χ0) is 12.3. The van der Waals surface area contributed by atoms with Crippen LogP contribution in [-0.4, -0.2) is 22.6 Å². The number of hydrogen-bond donors (Lipinski definition) is 1. The van der Waals surface area contributed by atoms with Crippen molar-refractivity contribution in [2.24, 2.45) is 0 Å². The van der Waals surface area contributed by atoms with Gasteiger partial charge in [-0.2, -0.15) is 4.98 Å². The van der Waals surface area contributed by atoms with Gasteiger partial charge in [-0.25, -0.2) is 4.79 Å². The highest BCUT2D eigenvalue weighted by Gasteiger charge is 2.21. The molecule has 17 heavy (non-hydrogen) atoms. The van der Waals surface area contributed by atoms with Crippen LogP contribution in [0.2, 0.25) is 0 Å². The second kappa shape index (κ2) is 4.69. The number of nitrogens with zero attached hydrogens (tertiary/aromatic N) is 2. The maximum Gasteiger partial charge on any atom is 0.352 e. The molecule has 0 aliphatic carbocycles. The van der Waals surface area contributed by atoms with Crippen molar-refractivity contribution in [2.45, 2.75) is 12.6 Å². The Morgan fingerprint density at radius 3 is 3.24 bits per heavy atom. The van der Waals surface area contributed by atoms with Crippen molar-refractivity contribution in [3.63, 3.8) is 0 Å². The number of carbonyl (C=O) groups excluding carboxylic acids is 1. The SMILES string of the molecule is Nc1ccn([C@H]2CC=C(COC=O)O2)c(=O)n1. The molecule has 2 N–H and O–H groups in total. The van der Waals surface area contributed by atoms with E-state index < -0.39 is 11.9 Å². The number of rotatable bonds is 4. The highest BCUT2D eigenvalue weighted by molar-refractivity contribution is 5.37. The Labute approximate surface area is 96.5 Å². The summed E-state index contributed by atoms with van der Waals surface area (Å²) in [5, 5.41) is 0. The molecule has 0 fully saturated rings. The highest BCUT2D eigenvalue weighted by Crippen LogP contribution is 2.24. The number of aromatic nitrogens is 2. The third kappa shape index (κ3) is 2.44. The monoisotopic (exact) mass is 237 g/mol. The van der Waals surface area contributed by atoms with E-state index in [1.807, 2.05) is 0 Å². The molecule has 0 aromatic carbocycles. The zero-order valence-electron chi connectivity index (χ0n) is 8.91. The normalized spacial score (nSPS) is 18.4. The molecule has 2 heterocycles. The molecule has 0 radical (unpaired) electrons. The summed E-state index contributed by atoms with van der Waals surface area (Å²) in [4.78, 5) is 25.1. The predicted molar refractivity (Wildman–Crippen MR) is 57.7 cm³/mol. The van der Waals surface area contributed by atoms with Gasteiger partial charge in [-0.15, -0.1) is 0 Å². The summed E-state index contributed by atoms with van der Waals surface area (Å²) in [6, 6.07) is 1.52. The lowest BCUT2D eigenvalue weighted by molar-refractivity contribution is -0.129. The van der Waals surface area contributed by atoms with Crippen molar-refractivity contribution >= 4 is 12.3 Å². The molecule has 1 aromatic rings. The van der Waals surface area contributed by atoms with Gasteiger partial charge in [-0.3, -0.25) is 9.36 Å². The van der Waals surface area contributed by atoms with Crippen LogP contribution in [0, 0.1) is 0 Å². The van der Waals surface area contributed by atoms with Crippen LogP contribution in [0.4, 0.5) is 5.82 Å². The van der Waals surface area contributed by atoms with Gasteiger partial charge in [0, 0.05) is 12.6 Å². The fraction of sp³-hybridized carbons (Fsp3) is 0.300. The van der Waals surface area contributed by atoms with Gasteiger partial charge in [0.1, 0.15) is 18.2 Å². The lowest BCUT2D eigenvalue weighted by atomic mass is 10.3. The summed E-state index contributed by atoms with van der Waals surface area (Å²) in [5.74, 6) is 0.688. The summed E-state index contributed by atoms with van der Waals surface area (Å²) < 4.78 is 11.3. The van der Waals surface area contributed by atoms with Gasteiger partial charge >= 0.3 is 5.69 Å². The van der Waals surface area contributed by atoms with Gasteiger partial charge in [0.05, 0.1) is 0 Å². The molecule has 7 nitrogen and oxygen atoms in total. The Kier molecular flexibility index (Phi) is 3.08. The molecule has 0 unspecified atom stereocenters. The molecule has 0 saturated carbocycles. The van der Waals surface area contributed by atoms with E-state index in [2.05, 4.69) is 9.72 Å². The maximum atomic E-state index is 11.5. The van der Waals surface area contributed by atoms with Crippen molar-refractivity contribution in [3.05, 3.63) is 34.6 Å². The van der Waals surface area contributed by atoms with Crippen molar-refractivity contribution in [2.75, 3.05) is 12.3 Å². The summed E-state index contributed by atoms with van der Waals surface area (Å²) >= 11 is 0. The van der Waals surface area contributed by atoms with Crippen LogP contribution >= 0.6 is 0 Å². The molecule has 1 aliphatic heterocycles. The van der Waals surface area contributed by atoms with Crippen LogP contribution in [0.5, 0.6) is 0 Å². The lowest BCUT2D eigenvalue weighted by Gasteiger charge is -2.15. The fourth-order valence-electron chi connectivity index (χ4n) is 1.53. The first-order valence-electron chi connectivity index (χ1n) is 4.96. The first-order chi connectivity index (χ1) is 8.20. The van der Waals surface area contributed by atoms with Gasteiger partial charge in [0.15, 0.2) is 6.23 Å². The molecule has 1 atom stereocenters. The van der Waals surface area contributed by atoms with Gasteiger partial charge in [-0.05, 0) is 12.1 Å². The first-order valence-corrected chi connectivity index (χ1v) is 4.96. The standard InChI is InChI=1S/C10H11N3O4/c11-8-3-4-13(10(15)12-8)9-2-1-7(17-9)5-16-6-14/h1,3-4,6,9H,2,5H2,(H2,11,12,15)/t9-/m1/s1. The van der Waals surface area contributed by atoms with Crippen molar-refractivity contribution in [1.29, 1.82) is 0 Å². The molecular formula is C10H11N3O4. The third-order valence-electron chi connectivity index (χ3n) is 2.29. The Morgan fingerprint density at radius 1 is 1.71 bits per heavy atom. The molecule has 0 bridgehead atoms. The minimum atomic E-state index is -0.471. The quantitative estimate of drug-likeness (QED) is 0.728. The number of carbonyl (C=O) groups is 1. The van der Waals surface area contributed by atoms with E-state index in [1.54, 1.807) is 6.08 Å². The third-order valence-corrected chi connectivity index (χ3v) is 2.29. The number of nitrogen functional groups attached to an aromatic ring is 1.